The van der Waals surface area contributed by atoms with Crippen molar-refractivity contribution in [1.29, 1.82) is 0 Å². The topological polar surface area (TPSA) is 103 Å². The Morgan fingerprint density at radius 1 is 1.00 bits per heavy atom. The van der Waals surface area contributed by atoms with Crippen molar-refractivity contribution in [2.75, 3.05) is 13.7 Å². The number of carbonyl (C=O) groups is 2. The minimum absolute atomic E-state index is 0.0138. The molecule has 0 unspecified atom stereocenters. The molecule has 5 rings (SSSR count). The van der Waals surface area contributed by atoms with Crippen molar-refractivity contribution in [2.45, 2.75) is 32.9 Å². The number of benzene rings is 3. The lowest BCUT2D eigenvalue weighted by atomic mass is 10.1. The molecule has 0 fully saturated rings. The maximum atomic E-state index is 13.5. The van der Waals surface area contributed by atoms with Crippen LogP contribution in [0.5, 0.6) is 5.75 Å². The van der Waals surface area contributed by atoms with Crippen molar-refractivity contribution in [3.8, 4) is 5.75 Å². The first kappa shape index (κ1) is 26.2. The van der Waals surface area contributed by atoms with Gasteiger partial charge in [0.25, 0.3) is 5.91 Å². The van der Waals surface area contributed by atoms with E-state index in [1.54, 1.807) is 41.2 Å². The van der Waals surface area contributed by atoms with Crippen molar-refractivity contribution in [1.82, 2.24) is 14.5 Å². The summed E-state index contributed by atoms with van der Waals surface area (Å²) in [6, 6.07) is 18.9. The SMILES string of the molecule is COc1ccccc1CCNC(=O)c1ccc2c(c1)n(CCC(=O)O)c(=O)n2Cc1csc2cccc(C)c12. The number of carboxylic acids is 1. The summed E-state index contributed by atoms with van der Waals surface area (Å²) in [6.45, 7) is 2.83. The summed E-state index contributed by atoms with van der Waals surface area (Å²) in [6.07, 6.45) is 0.403. The maximum Gasteiger partial charge on any atom is 0.329 e. The number of methoxy groups -OCH3 is 1. The number of amides is 1. The number of para-hydroxylation sites is 1. The molecule has 200 valence electrons. The van der Waals surface area contributed by atoms with Gasteiger partial charge in [-0.2, -0.15) is 0 Å². The first-order valence-electron chi connectivity index (χ1n) is 12.7. The molecule has 0 bridgehead atoms. The Hall–Kier alpha value is -4.37. The number of fused-ring (bicyclic) bond motifs is 2. The number of imidazole rings is 1. The van der Waals surface area contributed by atoms with Gasteiger partial charge in [0.1, 0.15) is 5.75 Å². The molecular weight excluding hydrogens is 514 g/mol. The van der Waals surface area contributed by atoms with Gasteiger partial charge in [0, 0.05) is 28.7 Å². The number of ether oxygens (including phenoxy) is 1. The summed E-state index contributed by atoms with van der Waals surface area (Å²) >= 11 is 1.63. The highest BCUT2D eigenvalue weighted by molar-refractivity contribution is 7.17. The van der Waals surface area contributed by atoms with Crippen molar-refractivity contribution in [2.24, 2.45) is 0 Å². The summed E-state index contributed by atoms with van der Waals surface area (Å²) in [4.78, 5) is 37.9. The van der Waals surface area contributed by atoms with Gasteiger partial charge in [-0.05, 0) is 65.7 Å². The zero-order valence-electron chi connectivity index (χ0n) is 21.8. The monoisotopic (exact) mass is 543 g/mol. The molecule has 0 radical (unpaired) electrons. The van der Waals surface area contributed by atoms with E-state index in [0.717, 1.165) is 32.5 Å². The predicted molar refractivity (Wildman–Crippen MR) is 153 cm³/mol. The molecule has 2 aromatic heterocycles. The zero-order valence-corrected chi connectivity index (χ0v) is 22.6. The minimum Gasteiger partial charge on any atom is -0.496 e. The van der Waals surface area contributed by atoms with Crippen LogP contribution in [0.2, 0.25) is 0 Å². The van der Waals surface area contributed by atoms with E-state index >= 15 is 0 Å². The van der Waals surface area contributed by atoms with Crippen LogP contribution in [0.3, 0.4) is 0 Å². The summed E-state index contributed by atoms with van der Waals surface area (Å²) in [5, 5.41) is 15.4. The number of aliphatic carboxylic acids is 1. The number of carbonyl (C=O) groups excluding carboxylic acids is 1. The lowest BCUT2D eigenvalue weighted by Crippen LogP contribution is -2.26. The summed E-state index contributed by atoms with van der Waals surface area (Å²) < 4.78 is 9.65. The fraction of sp³-hybridized carbons (Fsp3) is 0.233. The van der Waals surface area contributed by atoms with Crippen LogP contribution in [0.25, 0.3) is 21.1 Å². The van der Waals surface area contributed by atoms with Crippen molar-refractivity contribution in [3.05, 3.63) is 98.8 Å². The fourth-order valence-electron chi connectivity index (χ4n) is 4.99. The number of rotatable bonds is 10. The van der Waals surface area contributed by atoms with Crippen molar-refractivity contribution in [3.63, 3.8) is 0 Å². The van der Waals surface area contributed by atoms with Crippen LogP contribution < -0.4 is 15.7 Å². The molecule has 0 saturated heterocycles. The maximum absolute atomic E-state index is 13.5. The molecular formula is C30H29N3O5S. The van der Waals surface area contributed by atoms with E-state index in [1.807, 2.05) is 30.3 Å². The third-order valence-corrected chi connectivity index (χ3v) is 7.91. The molecule has 0 aliphatic rings. The Balaban J connectivity index is 1.45. The van der Waals surface area contributed by atoms with Gasteiger partial charge in [-0.15, -0.1) is 11.3 Å². The molecule has 2 N–H and O–H groups in total. The quantitative estimate of drug-likeness (QED) is 0.263. The van der Waals surface area contributed by atoms with Crippen molar-refractivity contribution >= 4 is 44.3 Å². The Morgan fingerprint density at radius 3 is 2.62 bits per heavy atom. The number of hydrogen-bond acceptors (Lipinski definition) is 5. The number of thiophene rings is 1. The fourth-order valence-corrected chi connectivity index (χ4v) is 6.02. The van der Waals surface area contributed by atoms with Gasteiger partial charge in [-0.25, -0.2) is 4.79 Å². The number of aromatic nitrogens is 2. The third-order valence-electron chi connectivity index (χ3n) is 6.91. The van der Waals surface area contributed by atoms with Crippen LogP contribution in [-0.2, 0) is 24.3 Å². The van der Waals surface area contributed by atoms with E-state index in [0.29, 0.717) is 36.1 Å². The van der Waals surface area contributed by atoms with E-state index in [1.165, 1.54) is 4.57 Å². The second-order valence-corrected chi connectivity index (χ2v) is 10.3. The highest BCUT2D eigenvalue weighted by Gasteiger charge is 2.18. The van der Waals surface area contributed by atoms with Gasteiger partial charge in [0.15, 0.2) is 0 Å². The van der Waals surface area contributed by atoms with Crippen LogP contribution in [0.4, 0.5) is 0 Å². The van der Waals surface area contributed by atoms with E-state index < -0.39 is 5.97 Å². The van der Waals surface area contributed by atoms with Crippen molar-refractivity contribution < 1.29 is 19.4 Å². The van der Waals surface area contributed by atoms with E-state index in [2.05, 4.69) is 29.8 Å². The molecule has 1 amide bonds. The average Bonchev–Trinajstić information content (AvgIpc) is 3.46. The normalized spacial score (nSPS) is 11.2. The number of hydrogen-bond donors (Lipinski definition) is 2. The third kappa shape index (κ3) is 5.31. The van der Waals surface area contributed by atoms with Gasteiger partial charge < -0.3 is 15.2 Å². The molecule has 0 aliphatic carbocycles. The Morgan fingerprint density at radius 2 is 1.82 bits per heavy atom. The number of carboxylic acid groups (broad SMARTS) is 1. The Bertz CT molecular complexity index is 1750. The molecule has 0 saturated carbocycles. The molecule has 2 heterocycles. The largest absolute Gasteiger partial charge is 0.496 e. The van der Waals surface area contributed by atoms with Gasteiger partial charge in [-0.1, -0.05) is 30.3 Å². The minimum atomic E-state index is -0.993. The lowest BCUT2D eigenvalue weighted by Gasteiger charge is -2.10. The predicted octanol–water partition coefficient (Wildman–Crippen LogP) is 4.83. The summed E-state index contributed by atoms with van der Waals surface area (Å²) in [5.41, 5.74) is 4.46. The Labute approximate surface area is 229 Å². The van der Waals surface area contributed by atoms with Crippen LogP contribution in [-0.4, -0.2) is 39.8 Å². The van der Waals surface area contributed by atoms with E-state index in [4.69, 9.17) is 4.74 Å². The van der Waals surface area contributed by atoms with Crippen LogP contribution in [0.1, 0.15) is 33.5 Å². The molecule has 5 aromatic rings. The highest BCUT2D eigenvalue weighted by atomic mass is 32.1. The van der Waals surface area contributed by atoms with Crippen LogP contribution in [0, 0.1) is 6.92 Å². The standard InChI is InChI=1S/C30H29N3O5S/c1-19-6-5-9-26-28(19)22(18-39-26)17-33-23-11-10-21(16-24(23)32(30(33)37)15-13-27(34)35)29(36)31-14-12-20-7-3-4-8-25(20)38-2/h3-11,16,18H,12-15,17H2,1-2H3,(H,31,36)(H,34,35). The molecule has 39 heavy (non-hydrogen) atoms. The van der Waals surface area contributed by atoms with Gasteiger partial charge in [0.05, 0.1) is 31.1 Å². The second-order valence-electron chi connectivity index (χ2n) is 9.39. The zero-order chi connectivity index (χ0) is 27.5. The van der Waals surface area contributed by atoms with E-state index in [-0.39, 0.29) is 24.6 Å². The summed E-state index contributed by atoms with van der Waals surface area (Å²) in [5.74, 6) is -0.491. The number of nitrogens with zero attached hydrogens (tertiary/aromatic N) is 2. The lowest BCUT2D eigenvalue weighted by molar-refractivity contribution is -0.137. The number of aryl methyl sites for hydroxylation is 2. The summed E-state index contributed by atoms with van der Waals surface area (Å²) in [7, 11) is 1.62. The highest BCUT2D eigenvalue weighted by Crippen LogP contribution is 2.30. The molecule has 0 spiro atoms. The molecule has 9 heteroatoms. The molecule has 3 aromatic carbocycles. The molecule has 8 nitrogen and oxygen atoms in total. The first-order chi connectivity index (χ1) is 18.9. The smallest absolute Gasteiger partial charge is 0.329 e. The van der Waals surface area contributed by atoms with Gasteiger partial charge >= 0.3 is 11.7 Å². The first-order valence-corrected chi connectivity index (χ1v) is 13.6. The van der Waals surface area contributed by atoms with E-state index in [9.17, 15) is 19.5 Å². The van der Waals surface area contributed by atoms with Crippen LogP contribution in [0.15, 0.2) is 70.8 Å². The average molecular weight is 544 g/mol. The second kappa shape index (κ2) is 11.2. The number of nitrogens with one attached hydrogen (secondary N) is 1. The van der Waals surface area contributed by atoms with Gasteiger partial charge in [0.2, 0.25) is 0 Å². The Kier molecular flexibility index (Phi) is 7.51. The van der Waals surface area contributed by atoms with Crippen LogP contribution >= 0.6 is 11.3 Å². The van der Waals surface area contributed by atoms with Gasteiger partial charge in [-0.3, -0.25) is 18.7 Å². The molecule has 0 atom stereocenters. The molecule has 0 aliphatic heterocycles.